The van der Waals surface area contributed by atoms with Crippen molar-refractivity contribution in [3.63, 3.8) is 0 Å². The minimum absolute atomic E-state index is 0.684. The van der Waals surface area contributed by atoms with Crippen LogP contribution in [0.5, 0.6) is 0 Å². The van der Waals surface area contributed by atoms with Gasteiger partial charge in [-0.3, -0.25) is 0 Å². The van der Waals surface area contributed by atoms with E-state index in [9.17, 15) is 0 Å². The van der Waals surface area contributed by atoms with Gasteiger partial charge in [0.05, 0.1) is 11.0 Å². The molecule has 1 aliphatic heterocycles. The van der Waals surface area contributed by atoms with Crippen molar-refractivity contribution in [3.8, 4) is 0 Å². The standard InChI is InChI=1S/C17H24BrN3/c1-3-21-16-7-6-14(18)10-15(16)20-17(21)9-12(2)13-5-4-8-19-11-13/h6-7,10,12-13,19H,3-5,8-9,11H2,1-2H3. The Labute approximate surface area is 135 Å². The molecule has 0 aliphatic carbocycles. The average Bonchev–Trinajstić information content (AvgIpc) is 2.84. The van der Waals surface area contributed by atoms with Gasteiger partial charge in [-0.2, -0.15) is 0 Å². The number of rotatable bonds is 4. The lowest BCUT2D eigenvalue weighted by Gasteiger charge is -2.28. The van der Waals surface area contributed by atoms with E-state index in [0.717, 1.165) is 28.9 Å². The molecule has 114 valence electrons. The van der Waals surface area contributed by atoms with Gasteiger partial charge in [0.15, 0.2) is 0 Å². The molecule has 0 amide bonds. The van der Waals surface area contributed by atoms with Gasteiger partial charge in [-0.1, -0.05) is 22.9 Å². The largest absolute Gasteiger partial charge is 0.328 e. The lowest BCUT2D eigenvalue weighted by atomic mass is 9.85. The molecule has 1 N–H and O–H groups in total. The SMILES string of the molecule is CCn1c(CC(C)C2CCCNC2)nc2cc(Br)ccc21. The first-order valence-corrected chi connectivity index (χ1v) is 8.83. The lowest BCUT2D eigenvalue weighted by Crippen LogP contribution is -2.34. The fourth-order valence-corrected chi connectivity index (χ4v) is 3.83. The van der Waals surface area contributed by atoms with Crippen LogP contribution in [0.25, 0.3) is 11.0 Å². The van der Waals surface area contributed by atoms with E-state index in [-0.39, 0.29) is 0 Å². The summed E-state index contributed by atoms with van der Waals surface area (Å²) >= 11 is 3.54. The van der Waals surface area contributed by atoms with E-state index in [2.05, 4.69) is 57.9 Å². The van der Waals surface area contributed by atoms with Crippen LogP contribution >= 0.6 is 15.9 Å². The third-order valence-corrected chi connectivity index (χ3v) is 5.24. The number of nitrogens with one attached hydrogen (secondary N) is 1. The molecule has 4 heteroatoms. The molecule has 0 saturated carbocycles. The highest BCUT2D eigenvalue weighted by molar-refractivity contribution is 9.10. The van der Waals surface area contributed by atoms with Gasteiger partial charge in [-0.05, 0) is 62.9 Å². The Bertz CT molecular complexity index is 614. The van der Waals surface area contributed by atoms with Crippen molar-refractivity contribution in [1.29, 1.82) is 0 Å². The number of nitrogens with zero attached hydrogens (tertiary/aromatic N) is 2. The summed E-state index contributed by atoms with van der Waals surface area (Å²) in [6, 6.07) is 6.40. The van der Waals surface area contributed by atoms with Gasteiger partial charge in [0.25, 0.3) is 0 Å². The number of fused-ring (bicyclic) bond motifs is 1. The lowest BCUT2D eigenvalue weighted by molar-refractivity contribution is 0.274. The summed E-state index contributed by atoms with van der Waals surface area (Å²) in [7, 11) is 0. The van der Waals surface area contributed by atoms with Crippen LogP contribution in [0.3, 0.4) is 0 Å². The quantitative estimate of drug-likeness (QED) is 0.903. The number of piperidine rings is 1. The number of imidazole rings is 1. The van der Waals surface area contributed by atoms with Gasteiger partial charge < -0.3 is 9.88 Å². The van der Waals surface area contributed by atoms with Gasteiger partial charge in [0, 0.05) is 17.4 Å². The first-order valence-electron chi connectivity index (χ1n) is 8.04. The molecule has 2 atom stereocenters. The van der Waals surface area contributed by atoms with E-state index in [1.165, 1.54) is 37.3 Å². The Balaban J connectivity index is 1.85. The van der Waals surface area contributed by atoms with E-state index in [1.807, 2.05) is 0 Å². The monoisotopic (exact) mass is 349 g/mol. The molecule has 1 aromatic heterocycles. The summed E-state index contributed by atoms with van der Waals surface area (Å²) < 4.78 is 3.47. The zero-order valence-corrected chi connectivity index (χ0v) is 14.5. The molecule has 1 saturated heterocycles. The summed E-state index contributed by atoms with van der Waals surface area (Å²) in [5, 5.41) is 3.53. The fraction of sp³-hybridized carbons (Fsp3) is 0.588. The number of hydrogen-bond donors (Lipinski definition) is 1. The van der Waals surface area contributed by atoms with Crippen LogP contribution in [0.4, 0.5) is 0 Å². The Morgan fingerprint density at radius 1 is 1.48 bits per heavy atom. The molecule has 0 bridgehead atoms. The Morgan fingerprint density at radius 3 is 3.05 bits per heavy atom. The van der Waals surface area contributed by atoms with Crippen LogP contribution in [-0.2, 0) is 13.0 Å². The number of benzene rings is 1. The number of aryl methyl sites for hydroxylation is 1. The van der Waals surface area contributed by atoms with E-state index < -0.39 is 0 Å². The molecule has 3 rings (SSSR count). The average molecular weight is 350 g/mol. The molecule has 0 radical (unpaired) electrons. The van der Waals surface area contributed by atoms with Gasteiger partial charge in [-0.15, -0.1) is 0 Å². The van der Waals surface area contributed by atoms with Gasteiger partial charge in [0.1, 0.15) is 5.82 Å². The molecular formula is C17H24BrN3. The molecule has 3 nitrogen and oxygen atoms in total. The molecule has 1 aliphatic rings. The van der Waals surface area contributed by atoms with Crippen LogP contribution in [0.2, 0.25) is 0 Å². The van der Waals surface area contributed by atoms with Gasteiger partial charge in [-0.25, -0.2) is 4.98 Å². The maximum atomic E-state index is 4.89. The minimum Gasteiger partial charge on any atom is -0.328 e. The summed E-state index contributed by atoms with van der Waals surface area (Å²) in [6.07, 6.45) is 3.74. The van der Waals surface area contributed by atoms with E-state index in [1.54, 1.807) is 0 Å². The zero-order valence-electron chi connectivity index (χ0n) is 12.9. The number of hydrogen-bond acceptors (Lipinski definition) is 2. The van der Waals surface area contributed by atoms with Crippen LogP contribution in [0.15, 0.2) is 22.7 Å². The van der Waals surface area contributed by atoms with Crippen LogP contribution in [0, 0.1) is 11.8 Å². The Hall–Kier alpha value is -0.870. The molecular weight excluding hydrogens is 326 g/mol. The second-order valence-corrected chi connectivity index (χ2v) is 7.11. The van der Waals surface area contributed by atoms with E-state index in [0.29, 0.717) is 5.92 Å². The zero-order chi connectivity index (χ0) is 14.8. The third kappa shape index (κ3) is 3.16. The summed E-state index contributed by atoms with van der Waals surface area (Å²) in [5.41, 5.74) is 2.36. The highest BCUT2D eigenvalue weighted by Gasteiger charge is 2.22. The van der Waals surface area contributed by atoms with Crippen molar-refractivity contribution in [2.24, 2.45) is 11.8 Å². The smallest absolute Gasteiger partial charge is 0.110 e. The first-order chi connectivity index (χ1) is 10.2. The molecule has 2 heterocycles. The molecule has 2 aromatic rings. The van der Waals surface area contributed by atoms with Crippen molar-refractivity contribution in [1.82, 2.24) is 14.9 Å². The summed E-state index contributed by atoms with van der Waals surface area (Å²) in [5.74, 6) is 2.71. The van der Waals surface area contributed by atoms with Gasteiger partial charge in [0.2, 0.25) is 0 Å². The normalized spacial score (nSPS) is 20.8. The predicted molar refractivity (Wildman–Crippen MR) is 91.6 cm³/mol. The highest BCUT2D eigenvalue weighted by atomic mass is 79.9. The van der Waals surface area contributed by atoms with Crippen molar-refractivity contribution in [2.45, 2.75) is 39.7 Å². The van der Waals surface area contributed by atoms with Crippen molar-refractivity contribution >= 4 is 27.0 Å². The number of halogens is 1. The van der Waals surface area contributed by atoms with Crippen LogP contribution < -0.4 is 5.32 Å². The molecule has 2 unspecified atom stereocenters. The second kappa shape index (κ2) is 6.49. The van der Waals surface area contributed by atoms with Crippen molar-refractivity contribution < 1.29 is 0 Å². The Kier molecular flexibility index (Phi) is 4.65. The van der Waals surface area contributed by atoms with Gasteiger partial charge >= 0.3 is 0 Å². The van der Waals surface area contributed by atoms with E-state index >= 15 is 0 Å². The molecule has 21 heavy (non-hydrogen) atoms. The first kappa shape index (κ1) is 15.0. The topological polar surface area (TPSA) is 29.9 Å². The van der Waals surface area contributed by atoms with Crippen LogP contribution in [-0.4, -0.2) is 22.6 Å². The molecule has 0 spiro atoms. The summed E-state index contributed by atoms with van der Waals surface area (Å²) in [4.78, 5) is 4.89. The van der Waals surface area contributed by atoms with Crippen molar-refractivity contribution in [3.05, 3.63) is 28.5 Å². The van der Waals surface area contributed by atoms with Crippen LogP contribution in [0.1, 0.15) is 32.5 Å². The predicted octanol–water partition coefficient (Wildman–Crippen LogP) is 4.00. The summed E-state index contributed by atoms with van der Waals surface area (Å²) in [6.45, 7) is 7.93. The third-order valence-electron chi connectivity index (χ3n) is 4.75. The maximum Gasteiger partial charge on any atom is 0.110 e. The maximum absolute atomic E-state index is 4.89. The fourth-order valence-electron chi connectivity index (χ4n) is 3.48. The van der Waals surface area contributed by atoms with E-state index in [4.69, 9.17) is 4.98 Å². The highest BCUT2D eigenvalue weighted by Crippen LogP contribution is 2.26. The molecule has 1 fully saturated rings. The Morgan fingerprint density at radius 2 is 2.33 bits per heavy atom. The molecule has 1 aromatic carbocycles. The minimum atomic E-state index is 0.684. The van der Waals surface area contributed by atoms with Crippen molar-refractivity contribution in [2.75, 3.05) is 13.1 Å². The number of aromatic nitrogens is 2. The second-order valence-electron chi connectivity index (χ2n) is 6.19.